The molecule has 0 bridgehead atoms. The van der Waals surface area contributed by atoms with Crippen LogP contribution in [0.2, 0.25) is 5.15 Å². The number of amides is 1. The molecule has 116 valence electrons. The molecule has 0 aliphatic carbocycles. The fraction of sp³-hybridized carbons (Fsp3) is 0.545. The van der Waals surface area contributed by atoms with E-state index in [9.17, 15) is 13.2 Å². The van der Waals surface area contributed by atoms with E-state index in [2.05, 4.69) is 9.97 Å². The van der Waals surface area contributed by atoms with E-state index < -0.39 is 10.2 Å². The minimum atomic E-state index is -3.44. The Bertz CT molecular complexity index is 611. The van der Waals surface area contributed by atoms with Gasteiger partial charge in [-0.25, -0.2) is 9.97 Å². The van der Waals surface area contributed by atoms with E-state index in [4.69, 9.17) is 11.6 Å². The van der Waals surface area contributed by atoms with E-state index in [1.165, 1.54) is 30.8 Å². The highest BCUT2D eigenvalue weighted by Gasteiger charge is 2.30. The highest BCUT2D eigenvalue weighted by molar-refractivity contribution is 7.86. The van der Waals surface area contributed by atoms with E-state index in [1.54, 1.807) is 4.90 Å². The van der Waals surface area contributed by atoms with Crippen LogP contribution in [-0.2, 0) is 10.2 Å². The van der Waals surface area contributed by atoms with Crippen molar-refractivity contribution in [2.75, 3.05) is 40.3 Å². The molecule has 0 unspecified atom stereocenters. The van der Waals surface area contributed by atoms with Gasteiger partial charge >= 0.3 is 0 Å². The first-order chi connectivity index (χ1) is 9.82. The van der Waals surface area contributed by atoms with E-state index in [0.717, 1.165) is 4.31 Å². The molecule has 10 heteroatoms. The number of hydrogen-bond acceptors (Lipinski definition) is 5. The molecule has 0 saturated carbocycles. The van der Waals surface area contributed by atoms with Gasteiger partial charge in [-0.05, 0) is 0 Å². The zero-order valence-corrected chi connectivity index (χ0v) is 13.3. The highest BCUT2D eigenvalue weighted by Crippen LogP contribution is 2.12. The SMILES string of the molecule is CN(C)S(=O)(=O)N1CCN(C(=O)c2cnc(Cl)cn2)CC1. The molecule has 1 amide bonds. The number of halogens is 1. The molecule has 0 N–H and O–H groups in total. The first kappa shape index (κ1) is 16.1. The molecule has 1 aliphatic rings. The molecule has 0 spiro atoms. The summed E-state index contributed by atoms with van der Waals surface area (Å²) < 4.78 is 26.5. The number of piperazine rings is 1. The van der Waals surface area contributed by atoms with Crippen molar-refractivity contribution in [2.45, 2.75) is 0 Å². The molecule has 2 heterocycles. The van der Waals surface area contributed by atoms with Gasteiger partial charge in [-0.3, -0.25) is 4.79 Å². The molecule has 1 aromatic heterocycles. The van der Waals surface area contributed by atoms with Crippen molar-refractivity contribution in [3.8, 4) is 0 Å². The van der Waals surface area contributed by atoms with Crippen molar-refractivity contribution in [1.82, 2.24) is 23.5 Å². The van der Waals surface area contributed by atoms with Gasteiger partial charge in [-0.1, -0.05) is 11.6 Å². The summed E-state index contributed by atoms with van der Waals surface area (Å²) in [5, 5.41) is 0.216. The van der Waals surface area contributed by atoms with E-state index in [1.807, 2.05) is 0 Å². The van der Waals surface area contributed by atoms with Crippen LogP contribution in [0, 0.1) is 0 Å². The highest BCUT2D eigenvalue weighted by atomic mass is 35.5. The van der Waals surface area contributed by atoms with Crippen LogP contribution < -0.4 is 0 Å². The maximum absolute atomic E-state index is 12.2. The standard InChI is InChI=1S/C11H16ClN5O3S/c1-15(2)21(19,20)17-5-3-16(4-6-17)11(18)9-7-14-10(12)8-13-9/h7-8H,3-6H2,1-2H3. The molecular weight excluding hydrogens is 318 g/mol. The van der Waals surface area contributed by atoms with Gasteiger partial charge in [0.1, 0.15) is 10.8 Å². The van der Waals surface area contributed by atoms with Crippen LogP contribution in [0.15, 0.2) is 12.4 Å². The topological polar surface area (TPSA) is 86.7 Å². The molecule has 21 heavy (non-hydrogen) atoms. The second-order valence-electron chi connectivity index (χ2n) is 4.71. The third-order valence-corrected chi connectivity index (χ3v) is 5.29. The Kier molecular flexibility index (Phi) is 4.77. The number of aromatic nitrogens is 2. The van der Waals surface area contributed by atoms with Crippen molar-refractivity contribution < 1.29 is 13.2 Å². The van der Waals surface area contributed by atoms with Crippen LogP contribution in [0.5, 0.6) is 0 Å². The van der Waals surface area contributed by atoms with Crippen molar-refractivity contribution in [3.05, 3.63) is 23.2 Å². The van der Waals surface area contributed by atoms with Gasteiger partial charge in [0.15, 0.2) is 0 Å². The fourth-order valence-electron chi connectivity index (χ4n) is 1.94. The predicted molar refractivity (Wildman–Crippen MR) is 77.1 cm³/mol. The lowest BCUT2D eigenvalue weighted by Crippen LogP contribution is -2.53. The van der Waals surface area contributed by atoms with Gasteiger partial charge in [0, 0.05) is 40.3 Å². The van der Waals surface area contributed by atoms with E-state index in [0.29, 0.717) is 13.1 Å². The number of carbonyl (C=O) groups is 1. The summed E-state index contributed by atoms with van der Waals surface area (Å²) in [6.07, 6.45) is 2.62. The lowest BCUT2D eigenvalue weighted by Gasteiger charge is -2.34. The van der Waals surface area contributed by atoms with Crippen LogP contribution in [0.25, 0.3) is 0 Å². The van der Waals surface area contributed by atoms with E-state index >= 15 is 0 Å². The summed E-state index contributed by atoms with van der Waals surface area (Å²) in [6, 6.07) is 0. The van der Waals surface area contributed by atoms with Crippen LogP contribution >= 0.6 is 11.6 Å². The smallest absolute Gasteiger partial charge is 0.281 e. The quantitative estimate of drug-likeness (QED) is 0.757. The second-order valence-corrected chi connectivity index (χ2v) is 7.24. The zero-order chi connectivity index (χ0) is 15.6. The molecule has 1 aromatic rings. The Labute approximate surface area is 128 Å². The van der Waals surface area contributed by atoms with Crippen LogP contribution in [0.3, 0.4) is 0 Å². The normalized spacial score (nSPS) is 17.2. The minimum Gasteiger partial charge on any atom is -0.335 e. The Morgan fingerprint density at radius 2 is 1.81 bits per heavy atom. The molecule has 1 saturated heterocycles. The van der Waals surface area contributed by atoms with Gasteiger partial charge in [0.25, 0.3) is 16.1 Å². The summed E-state index contributed by atoms with van der Waals surface area (Å²) in [5.41, 5.74) is 0.198. The van der Waals surface area contributed by atoms with Gasteiger partial charge in [-0.15, -0.1) is 0 Å². The average molecular weight is 334 g/mol. The number of carbonyl (C=O) groups excluding carboxylic acids is 1. The van der Waals surface area contributed by atoms with Gasteiger partial charge < -0.3 is 4.90 Å². The Morgan fingerprint density at radius 3 is 2.29 bits per heavy atom. The van der Waals surface area contributed by atoms with Gasteiger partial charge in [0.2, 0.25) is 0 Å². The molecule has 0 atom stereocenters. The maximum atomic E-state index is 12.2. The van der Waals surface area contributed by atoms with Gasteiger partial charge in [-0.2, -0.15) is 17.0 Å². The molecule has 0 radical (unpaired) electrons. The third-order valence-electron chi connectivity index (χ3n) is 3.15. The summed E-state index contributed by atoms with van der Waals surface area (Å²) >= 11 is 5.62. The molecule has 0 aromatic carbocycles. The van der Waals surface area contributed by atoms with Crippen LogP contribution in [0.4, 0.5) is 0 Å². The van der Waals surface area contributed by atoms with Crippen LogP contribution in [-0.4, -0.2) is 78.1 Å². The Hall–Kier alpha value is -1.29. The third kappa shape index (κ3) is 3.49. The molecule has 2 rings (SSSR count). The predicted octanol–water partition coefficient (Wildman–Crippen LogP) is -0.306. The number of nitrogens with zero attached hydrogens (tertiary/aromatic N) is 5. The van der Waals surface area contributed by atoms with E-state index in [-0.39, 0.29) is 29.8 Å². The summed E-state index contributed by atoms with van der Waals surface area (Å²) in [7, 11) is -0.471. The lowest BCUT2D eigenvalue weighted by molar-refractivity contribution is 0.0689. The van der Waals surface area contributed by atoms with Crippen molar-refractivity contribution in [2.24, 2.45) is 0 Å². The van der Waals surface area contributed by atoms with Crippen molar-refractivity contribution in [1.29, 1.82) is 0 Å². The molecule has 1 fully saturated rings. The zero-order valence-electron chi connectivity index (χ0n) is 11.7. The Morgan fingerprint density at radius 1 is 1.19 bits per heavy atom. The second kappa shape index (κ2) is 6.22. The molecule has 8 nitrogen and oxygen atoms in total. The van der Waals surface area contributed by atoms with Gasteiger partial charge in [0.05, 0.1) is 12.4 Å². The first-order valence-electron chi connectivity index (χ1n) is 6.27. The molecular formula is C11H16ClN5O3S. The first-order valence-corrected chi connectivity index (χ1v) is 8.04. The van der Waals surface area contributed by atoms with Crippen LogP contribution in [0.1, 0.15) is 10.5 Å². The number of hydrogen-bond donors (Lipinski definition) is 0. The monoisotopic (exact) mass is 333 g/mol. The number of rotatable bonds is 3. The maximum Gasteiger partial charge on any atom is 0.281 e. The minimum absolute atomic E-state index is 0.198. The molecule has 1 aliphatic heterocycles. The summed E-state index contributed by atoms with van der Waals surface area (Å²) in [5.74, 6) is -0.277. The fourth-order valence-corrected chi connectivity index (χ4v) is 3.12. The summed E-state index contributed by atoms with van der Waals surface area (Å²) in [6.45, 7) is 1.15. The van der Waals surface area contributed by atoms with Crippen molar-refractivity contribution in [3.63, 3.8) is 0 Å². The lowest BCUT2D eigenvalue weighted by atomic mass is 10.3. The van der Waals surface area contributed by atoms with Crippen molar-refractivity contribution >= 4 is 27.7 Å². The largest absolute Gasteiger partial charge is 0.335 e. The Balaban J connectivity index is 2.01. The summed E-state index contributed by atoms with van der Waals surface area (Å²) in [4.78, 5) is 21.5. The average Bonchev–Trinajstić information content (AvgIpc) is 2.47.